The van der Waals surface area contributed by atoms with Crippen LogP contribution in [0.4, 0.5) is 0 Å². The molecule has 0 aromatic heterocycles. The molecule has 0 radical (unpaired) electrons. The molecule has 0 atom stereocenters. The van der Waals surface area contributed by atoms with Crippen molar-refractivity contribution in [1.29, 1.82) is 0 Å². The Morgan fingerprint density at radius 3 is 3.00 bits per heavy atom. The predicted octanol–water partition coefficient (Wildman–Crippen LogP) is 1.83. The number of halogens is 1. The Balaban J connectivity index is 2.33. The highest BCUT2D eigenvalue weighted by molar-refractivity contribution is 6.30. The van der Waals surface area contributed by atoms with Crippen molar-refractivity contribution in [3.8, 4) is 0 Å². The second-order valence-corrected chi connectivity index (χ2v) is 3.49. The van der Waals surface area contributed by atoms with Gasteiger partial charge in [0.05, 0.1) is 12.1 Å². The minimum absolute atomic E-state index is 0.165. The third kappa shape index (κ3) is 1.85. The van der Waals surface area contributed by atoms with Crippen LogP contribution in [-0.2, 0) is 19.0 Å². The molecule has 0 saturated carbocycles. The Morgan fingerprint density at radius 2 is 2.27 bits per heavy atom. The van der Waals surface area contributed by atoms with Gasteiger partial charge in [-0.15, -0.1) is 0 Å². The van der Waals surface area contributed by atoms with E-state index in [9.17, 15) is 4.79 Å². The molecular weight excluding hydrogens is 220 g/mol. The van der Waals surface area contributed by atoms with Gasteiger partial charge in [0, 0.05) is 12.0 Å². The van der Waals surface area contributed by atoms with Gasteiger partial charge in [-0.05, 0) is 12.2 Å². The summed E-state index contributed by atoms with van der Waals surface area (Å²) in [5, 5.41) is 0.452. The molecule has 1 heterocycles. The predicted molar refractivity (Wildman–Crippen MR) is 52.7 cm³/mol. The van der Waals surface area contributed by atoms with E-state index in [2.05, 4.69) is 4.74 Å². The van der Waals surface area contributed by atoms with E-state index in [1.807, 2.05) is 0 Å². The van der Waals surface area contributed by atoms with Crippen molar-refractivity contribution in [2.45, 2.75) is 6.42 Å². The zero-order valence-corrected chi connectivity index (χ0v) is 8.84. The molecule has 0 bridgehead atoms. The van der Waals surface area contributed by atoms with E-state index >= 15 is 0 Å². The number of fused-ring (bicyclic) bond motifs is 1. The number of carbonyl (C=O) groups excluding carboxylic acids is 1. The Kier molecular flexibility index (Phi) is 2.68. The number of rotatable bonds is 1. The largest absolute Gasteiger partial charge is 0.466 e. The lowest BCUT2D eigenvalue weighted by Crippen LogP contribution is -2.04. The van der Waals surface area contributed by atoms with Crippen LogP contribution in [0.25, 0.3) is 0 Å². The summed E-state index contributed by atoms with van der Waals surface area (Å²) in [5.74, 6) is 0.663. The van der Waals surface area contributed by atoms with Gasteiger partial charge in [-0.1, -0.05) is 11.6 Å². The van der Waals surface area contributed by atoms with Gasteiger partial charge in [-0.3, -0.25) is 0 Å². The highest BCUT2D eigenvalue weighted by Gasteiger charge is 2.24. The summed E-state index contributed by atoms with van der Waals surface area (Å²) in [6.45, 7) is 0.165. The van der Waals surface area contributed by atoms with Gasteiger partial charge < -0.3 is 14.2 Å². The van der Waals surface area contributed by atoms with Crippen LogP contribution in [0.2, 0.25) is 0 Å². The van der Waals surface area contributed by atoms with Crippen LogP contribution in [0.5, 0.6) is 0 Å². The van der Waals surface area contributed by atoms with Gasteiger partial charge in [0.15, 0.2) is 11.5 Å². The first kappa shape index (κ1) is 10.1. The fourth-order valence-corrected chi connectivity index (χ4v) is 1.67. The molecule has 4 nitrogen and oxygen atoms in total. The van der Waals surface area contributed by atoms with Crippen molar-refractivity contribution in [3.05, 3.63) is 34.3 Å². The van der Waals surface area contributed by atoms with Crippen LogP contribution in [0, 0.1) is 0 Å². The summed E-state index contributed by atoms with van der Waals surface area (Å²) < 4.78 is 15.0. The first-order valence-corrected chi connectivity index (χ1v) is 4.74. The number of carbonyl (C=O) groups is 1. The highest BCUT2D eigenvalue weighted by atomic mass is 35.5. The molecule has 2 rings (SSSR count). The zero-order chi connectivity index (χ0) is 10.8. The topological polar surface area (TPSA) is 44.8 Å². The average molecular weight is 229 g/mol. The Hall–Kier alpha value is -1.42. The molecule has 1 aliphatic heterocycles. The molecule has 15 heavy (non-hydrogen) atoms. The highest BCUT2D eigenvalue weighted by Crippen LogP contribution is 2.32. The molecule has 0 spiro atoms. The summed E-state index contributed by atoms with van der Waals surface area (Å²) in [4.78, 5) is 11.3. The SMILES string of the molecule is COC(=O)C1=CC=C2OCOC2=C(Cl)C1. The molecule has 0 amide bonds. The fourth-order valence-electron chi connectivity index (χ4n) is 1.38. The second kappa shape index (κ2) is 3.98. The molecule has 5 heteroatoms. The van der Waals surface area contributed by atoms with Crippen LogP contribution < -0.4 is 0 Å². The molecule has 1 aliphatic carbocycles. The van der Waals surface area contributed by atoms with Crippen molar-refractivity contribution in [2.75, 3.05) is 13.9 Å². The van der Waals surface area contributed by atoms with Crippen LogP contribution in [-0.4, -0.2) is 19.9 Å². The minimum Gasteiger partial charge on any atom is -0.466 e. The van der Waals surface area contributed by atoms with Crippen LogP contribution in [0.1, 0.15) is 6.42 Å². The zero-order valence-electron chi connectivity index (χ0n) is 8.08. The molecule has 1 saturated heterocycles. The fraction of sp³-hybridized carbons (Fsp3) is 0.300. The smallest absolute Gasteiger partial charge is 0.334 e. The summed E-state index contributed by atoms with van der Waals surface area (Å²) in [7, 11) is 1.33. The molecule has 0 aromatic rings. The van der Waals surface area contributed by atoms with Crippen molar-refractivity contribution in [2.24, 2.45) is 0 Å². The maximum absolute atomic E-state index is 11.3. The maximum atomic E-state index is 11.3. The summed E-state index contributed by atoms with van der Waals surface area (Å²) in [6, 6.07) is 0. The maximum Gasteiger partial charge on any atom is 0.334 e. The molecule has 80 valence electrons. The first-order chi connectivity index (χ1) is 7.22. The number of methoxy groups -OCH3 is 1. The molecule has 0 aromatic carbocycles. The minimum atomic E-state index is -0.398. The molecule has 1 fully saturated rings. The average Bonchev–Trinajstić information content (AvgIpc) is 2.65. The summed E-state index contributed by atoms with van der Waals surface area (Å²) >= 11 is 6.00. The van der Waals surface area contributed by atoms with E-state index in [-0.39, 0.29) is 6.79 Å². The van der Waals surface area contributed by atoms with Crippen molar-refractivity contribution < 1.29 is 19.0 Å². The van der Waals surface area contributed by atoms with Gasteiger partial charge in [-0.25, -0.2) is 4.79 Å². The van der Waals surface area contributed by atoms with Gasteiger partial charge in [0.2, 0.25) is 6.79 Å². The number of ether oxygens (including phenoxy) is 3. The van der Waals surface area contributed by atoms with E-state index in [4.69, 9.17) is 21.1 Å². The van der Waals surface area contributed by atoms with Crippen LogP contribution in [0.3, 0.4) is 0 Å². The van der Waals surface area contributed by atoms with E-state index < -0.39 is 5.97 Å². The quantitative estimate of drug-likeness (QED) is 0.643. The van der Waals surface area contributed by atoms with Crippen molar-refractivity contribution in [1.82, 2.24) is 0 Å². The standard InChI is InChI=1S/C10H9ClO4/c1-13-10(12)6-2-3-8-9(7(11)4-6)15-5-14-8/h2-3H,4-5H2,1H3. The normalized spacial score (nSPS) is 19.3. The Morgan fingerprint density at radius 1 is 1.47 bits per heavy atom. The second-order valence-electron chi connectivity index (χ2n) is 3.03. The number of hydrogen-bond donors (Lipinski definition) is 0. The van der Waals surface area contributed by atoms with E-state index in [0.717, 1.165) is 0 Å². The number of allylic oxidation sites excluding steroid dienone is 3. The Labute approximate surface area is 91.7 Å². The monoisotopic (exact) mass is 228 g/mol. The third-order valence-corrected chi connectivity index (χ3v) is 2.42. The molecule has 2 aliphatic rings. The van der Waals surface area contributed by atoms with E-state index in [0.29, 0.717) is 28.5 Å². The summed E-state index contributed by atoms with van der Waals surface area (Å²) in [5.41, 5.74) is 0.476. The number of hydrogen-bond acceptors (Lipinski definition) is 4. The molecule has 0 unspecified atom stereocenters. The lowest BCUT2D eigenvalue weighted by atomic mass is 10.2. The first-order valence-electron chi connectivity index (χ1n) is 4.36. The number of esters is 1. The molecule has 0 N–H and O–H groups in total. The van der Waals surface area contributed by atoms with Gasteiger partial charge in [-0.2, -0.15) is 0 Å². The van der Waals surface area contributed by atoms with Gasteiger partial charge in [0.25, 0.3) is 0 Å². The van der Waals surface area contributed by atoms with Gasteiger partial charge >= 0.3 is 5.97 Å². The lowest BCUT2D eigenvalue weighted by molar-refractivity contribution is -0.136. The van der Waals surface area contributed by atoms with Crippen LogP contribution >= 0.6 is 11.6 Å². The van der Waals surface area contributed by atoms with E-state index in [1.165, 1.54) is 7.11 Å². The van der Waals surface area contributed by atoms with E-state index in [1.54, 1.807) is 12.2 Å². The van der Waals surface area contributed by atoms with Crippen LogP contribution in [0.15, 0.2) is 34.3 Å². The van der Waals surface area contributed by atoms with Gasteiger partial charge in [0.1, 0.15) is 0 Å². The summed E-state index contributed by atoms with van der Waals surface area (Å²) in [6.07, 6.45) is 3.59. The molecular formula is C10H9ClO4. The van der Waals surface area contributed by atoms with Crippen molar-refractivity contribution in [3.63, 3.8) is 0 Å². The van der Waals surface area contributed by atoms with Crippen molar-refractivity contribution >= 4 is 17.6 Å². The lowest BCUT2D eigenvalue weighted by Gasteiger charge is -2.03. The third-order valence-electron chi connectivity index (χ3n) is 2.12. The Bertz CT molecular complexity index is 392.